The zero-order valence-corrected chi connectivity index (χ0v) is 17.3. The van der Waals surface area contributed by atoms with Gasteiger partial charge in [-0.15, -0.1) is 0 Å². The third kappa shape index (κ3) is 4.81. The topological polar surface area (TPSA) is 102 Å². The quantitative estimate of drug-likeness (QED) is 0.601. The van der Waals surface area contributed by atoms with Crippen LogP contribution in [0.4, 0.5) is 0 Å². The molecule has 0 aliphatic heterocycles. The highest BCUT2D eigenvalue weighted by molar-refractivity contribution is 5.64. The molecule has 1 aromatic carbocycles. The van der Waals surface area contributed by atoms with Gasteiger partial charge in [-0.2, -0.15) is 4.98 Å². The van der Waals surface area contributed by atoms with Gasteiger partial charge in [0.2, 0.25) is 5.82 Å². The van der Waals surface area contributed by atoms with Crippen molar-refractivity contribution in [3.8, 4) is 28.6 Å². The van der Waals surface area contributed by atoms with Crippen molar-refractivity contribution in [1.29, 1.82) is 0 Å². The number of pyridine rings is 1. The Morgan fingerprint density at radius 1 is 0.966 bits per heavy atom. The van der Waals surface area contributed by atoms with Gasteiger partial charge in [-0.05, 0) is 62.1 Å². The van der Waals surface area contributed by atoms with E-state index in [-0.39, 0.29) is 13.2 Å². The maximum Gasteiger partial charge on any atom is 0.258 e. The van der Waals surface area contributed by atoms with Crippen molar-refractivity contribution in [3.05, 3.63) is 46.8 Å². The largest absolute Gasteiger partial charge is 0.490 e. The summed E-state index contributed by atoms with van der Waals surface area (Å²) in [7, 11) is 0. The lowest BCUT2D eigenvalue weighted by Gasteiger charge is -2.15. The Morgan fingerprint density at radius 2 is 1.59 bits per heavy atom. The summed E-state index contributed by atoms with van der Waals surface area (Å²) in [6.45, 7) is 7.67. The molecule has 2 heterocycles. The number of aromatic nitrogens is 3. The predicted octanol–water partition coefficient (Wildman–Crippen LogP) is 3.27. The summed E-state index contributed by atoms with van der Waals surface area (Å²) in [6, 6.07) is 7.81. The average molecular weight is 397 g/mol. The maximum absolute atomic E-state index is 9.51. The maximum atomic E-state index is 9.51. The molecule has 0 bridgehead atoms. The lowest BCUT2D eigenvalue weighted by Crippen LogP contribution is -2.21. The molecule has 0 amide bonds. The van der Waals surface area contributed by atoms with Gasteiger partial charge in [-0.3, -0.25) is 4.98 Å². The zero-order valence-electron chi connectivity index (χ0n) is 17.3. The Labute approximate surface area is 170 Å². The fourth-order valence-corrected chi connectivity index (χ4v) is 3.13. The number of aliphatic hydroxyl groups excluding tert-OH is 2. The van der Waals surface area contributed by atoms with Crippen LogP contribution in [0.2, 0.25) is 0 Å². The van der Waals surface area contributed by atoms with E-state index < -0.39 is 6.10 Å². The van der Waals surface area contributed by atoms with Crippen LogP contribution in [0.1, 0.15) is 36.4 Å². The minimum Gasteiger partial charge on any atom is -0.490 e. The van der Waals surface area contributed by atoms with Crippen molar-refractivity contribution in [2.75, 3.05) is 13.2 Å². The van der Waals surface area contributed by atoms with Crippen molar-refractivity contribution in [3.63, 3.8) is 0 Å². The Hall–Kier alpha value is -2.77. The molecule has 3 aromatic rings. The van der Waals surface area contributed by atoms with Gasteiger partial charge in [0.05, 0.1) is 6.61 Å². The first-order chi connectivity index (χ1) is 13.9. The molecular weight excluding hydrogens is 370 g/mol. The van der Waals surface area contributed by atoms with E-state index in [0.717, 1.165) is 46.5 Å². The molecule has 7 nitrogen and oxygen atoms in total. The molecule has 29 heavy (non-hydrogen) atoms. The van der Waals surface area contributed by atoms with Crippen molar-refractivity contribution < 1.29 is 19.5 Å². The van der Waals surface area contributed by atoms with Gasteiger partial charge in [-0.25, -0.2) is 0 Å². The van der Waals surface area contributed by atoms with Gasteiger partial charge >= 0.3 is 0 Å². The van der Waals surface area contributed by atoms with Crippen molar-refractivity contribution in [2.45, 2.75) is 46.6 Å². The number of hydrogen-bond acceptors (Lipinski definition) is 7. The van der Waals surface area contributed by atoms with Crippen LogP contribution in [0, 0.1) is 13.8 Å². The molecule has 0 aliphatic rings. The number of hydrogen-bond donors (Lipinski definition) is 2. The van der Waals surface area contributed by atoms with E-state index in [0.29, 0.717) is 17.5 Å². The number of aliphatic hydroxyl groups is 2. The van der Waals surface area contributed by atoms with Crippen molar-refractivity contribution >= 4 is 0 Å². The first-order valence-electron chi connectivity index (χ1n) is 9.82. The second-order valence-electron chi connectivity index (χ2n) is 7.06. The summed E-state index contributed by atoms with van der Waals surface area (Å²) in [4.78, 5) is 9.17. The SMILES string of the molecule is CCc1cc(-c2nc(-c3cc(C)c(OC[C@@H](O)CO)c(C)c3)no2)cc(CC)n1. The smallest absolute Gasteiger partial charge is 0.258 e. The predicted molar refractivity (Wildman–Crippen MR) is 110 cm³/mol. The van der Waals surface area contributed by atoms with E-state index in [1.807, 2.05) is 38.1 Å². The summed E-state index contributed by atoms with van der Waals surface area (Å²) in [6.07, 6.45) is 0.772. The summed E-state index contributed by atoms with van der Waals surface area (Å²) < 4.78 is 11.2. The third-order valence-electron chi connectivity index (χ3n) is 4.68. The van der Waals surface area contributed by atoms with E-state index in [2.05, 4.69) is 29.0 Å². The number of ether oxygens (including phenoxy) is 1. The van der Waals surface area contributed by atoms with E-state index in [4.69, 9.17) is 14.4 Å². The van der Waals surface area contributed by atoms with Gasteiger partial charge in [0.25, 0.3) is 5.89 Å². The fraction of sp³-hybridized carbons (Fsp3) is 0.409. The highest BCUT2D eigenvalue weighted by Gasteiger charge is 2.16. The molecule has 3 rings (SSSR count). The number of aryl methyl sites for hydroxylation is 4. The molecule has 0 unspecified atom stereocenters. The Morgan fingerprint density at radius 3 is 2.14 bits per heavy atom. The van der Waals surface area contributed by atoms with E-state index in [1.165, 1.54) is 0 Å². The van der Waals surface area contributed by atoms with Crippen LogP contribution in [0.3, 0.4) is 0 Å². The van der Waals surface area contributed by atoms with Gasteiger partial charge in [0.15, 0.2) is 0 Å². The summed E-state index contributed by atoms with van der Waals surface area (Å²) in [5, 5.41) is 22.6. The lowest BCUT2D eigenvalue weighted by atomic mass is 10.1. The molecule has 154 valence electrons. The molecule has 0 spiro atoms. The second-order valence-corrected chi connectivity index (χ2v) is 7.06. The molecule has 0 saturated heterocycles. The molecule has 0 fully saturated rings. The fourth-order valence-electron chi connectivity index (χ4n) is 3.13. The minimum atomic E-state index is -0.908. The van der Waals surface area contributed by atoms with E-state index >= 15 is 0 Å². The van der Waals surface area contributed by atoms with Crippen LogP contribution in [0.15, 0.2) is 28.8 Å². The first kappa shape index (κ1) is 21.0. The Balaban J connectivity index is 1.89. The molecular formula is C22H27N3O4. The highest BCUT2D eigenvalue weighted by atomic mass is 16.5. The van der Waals surface area contributed by atoms with Crippen LogP contribution >= 0.6 is 0 Å². The van der Waals surface area contributed by atoms with Gasteiger partial charge in [0.1, 0.15) is 18.5 Å². The molecule has 0 radical (unpaired) electrons. The van der Waals surface area contributed by atoms with Crippen molar-refractivity contribution in [2.24, 2.45) is 0 Å². The van der Waals surface area contributed by atoms with Crippen LogP contribution in [0.25, 0.3) is 22.8 Å². The lowest BCUT2D eigenvalue weighted by molar-refractivity contribution is 0.0532. The monoisotopic (exact) mass is 397 g/mol. The number of benzene rings is 1. The molecule has 2 aromatic heterocycles. The zero-order chi connectivity index (χ0) is 21.0. The van der Waals surface area contributed by atoms with Gasteiger partial charge in [0, 0.05) is 22.5 Å². The van der Waals surface area contributed by atoms with Crippen LogP contribution in [-0.2, 0) is 12.8 Å². The standard InChI is InChI=1S/C22H27N3O4/c1-5-17-9-16(10-18(6-2)23-17)22-24-21(25-29-22)15-7-13(3)20(14(4)8-15)28-12-19(27)11-26/h7-10,19,26-27H,5-6,11-12H2,1-4H3/t19-/m0/s1. The Bertz CT molecular complexity index is 939. The molecule has 0 saturated carbocycles. The summed E-state index contributed by atoms with van der Waals surface area (Å²) in [5.41, 5.74) is 5.47. The summed E-state index contributed by atoms with van der Waals surface area (Å²) >= 11 is 0. The van der Waals surface area contributed by atoms with Crippen molar-refractivity contribution in [1.82, 2.24) is 15.1 Å². The molecule has 7 heteroatoms. The van der Waals surface area contributed by atoms with Gasteiger partial charge in [-0.1, -0.05) is 19.0 Å². The minimum absolute atomic E-state index is 0.0332. The normalized spacial score (nSPS) is 12.2. The first-order valence-corrected chi connectivity index (χ1v) is 9.82. The van der Waals surface area contributed by atoms with E-state index in [9.17, 15) is 5.11 Å². The third-order valence-corrected chi connectivity index (χ3v) is 4.68. The number of rotatable bonds is 8. The van der Waals surface area contributed by atoms with Gasteiger partial charge < -0.3 is 19.5 Å². The van der Waals surface area contributed by atoms with Crippen LogP contribution in [-0.4, -0.2) is 44.7 Å². The molecule has 1 atom stereocenters. The van der Waals surface area contributed by atoms with Crippen LogP contribution < -0.4 is 4.74 Å². The second kappa shape index (κ2) is 9.15. The van der Waals surface area contributed by atoms with E-state index in [1.54, 1.807) is 0 Å². The summed E-state index contributed by atoms with van der Waals surface area (Å²) in [5.74, 6) is 1.65. The molecule has 2 N–H and O–H groups in total. The Kier molecular flexibility index (Phi) is 6.61. The molecule has 0 aliphatic carbocycles. The average Bonchev–Trinajstić information content (AvgIpc) is 3.22. The highest BCUT2D eigenvalue weighted by Crippen LogP contribution is 2.30. The number of nitrogens with zero attached hydrogens (tertiary/aromatic N) is 3. The van der Waals surface area contributed by atoms with Crippen LogP contribution in [0.5, 0.6) is 5.75 Å².